The Balaban J connectivity index is 2.49. The molecule has 0 heterocycles. The highest BCUT2D eigenvalue weighted by Gasteiger charge is 2.18. The Labute approximate surface area is 121 Å². The van der Waals surface area contributed by atoms with Crippen LogP contribution in [-0.4, -0.2) is 7.05 Å². The highest BCUT2D eigenvalue weighted by Crippen LogP contribution is 2.27. The van der Waals surface area contributed by atoms with Crippen molar-refractivity contribution in [3.63, 3.8) is 0 Å². The lowest BCUT2D eigenvalue weighted by Gasteiger charge is -2.18. The van der Waals surface area contributed by atoms with Crippen LogP contribution in [0.1, 0.15) is 17.2 Å². The fourth-order valence-corrected chi connectivity index (χ4v) is 2.36. The fourth-order valence-electron chi connectivity index (χ4n) is 1.96. The van der Waals surface area contributed by atoms with Crippen LogP contribution in [0.3, 0.4) is 0 Å². The van der Waals surface area contributed by atoms with E-state index < -0.39 is 29.3 Å². The van der Waals surface area contributed by atoms with E-state index in [1.54, 1.807) is 7.05 Å². The van der Waals surface area contributed by atoms with Crippen molar-refractivity contribution in [3.05, 3.63) is 69.2 Å². The van der Waals surface area contributed by atoms with Crippen LogP contribution in [0.15, 0.2) is 34.8 Å². The first-order valence-electron chi connectivity index (χ1n) is 5.70. The Bertz CT molecular complexity index is 622. The minimum Gasteiger partial charge on any atom is -0.309 e. The van der Waals surface area contributed by atoms with Gasteiger partial charge in [-0.3, -0.25) is 0 Å². The SMILES string of the molecule is CNC(c1cc(F)c(F)c(F)c1)c1ccc(F)c(Br)c1. The zero-order chi connectivity index (χ0) is 14.9. The van der Waals surface area contributed by atoms with Gasteiger partial charge in [-0.25, -0.2) is 17.6 Å². The topological polar surface area (TPSA) is 12.0 Å². The molecule has 0 fully saturated rings. The minimum atomic E-state index is -1.51. The maximum absolute atomic E-state index is 13.3. The third-order valence-corrected chi connectivity index (χ3v) is 3.51. The largest absolute Gasteiger partial charge is 0.309 e. The number of benzene rings is 2. The molecule has 0 amide bonds. The number of hydrogen-bond acceptors (Lipinski definition) is 1. The van der Waals surface area contributed by atoms with Crippen LogP contribution in [-0.2, 0) is 0 Å². The van der Waals surface area contributed by atoms with Gasteiger partial charge in [-0.15, -0.1) is 0 Å². The number of halogens is 5. The molecule has 6 heteroatoms. The van der Waals surface area contributed by atoms with Crippen molar-refractivity contribution >= 4 is 15.9 Å². The van der Waals surface area contributed by atoms with Gasteiger partial charge >= 0.3 is 0 Å². The fraction of sp³-hybridized carbons (Fsp3) is 0.143. The van der Waals surface area contributed by atoms with Crippen molar-refractivity contribution in [1.29, 1.82) is 0 Å². The first-order valence-corrected chi connectivity index (χ1v) is 6.50. The van der Waals surface area contributed by atoms with Gasteiger partial charge < -0.3 is 5.32 Å². The van der Waals surface area contributed by atoms with E-state index in [2.05, 4.69) is 21.2 Å². The maximum Gasteiger partial charge on any atom is 0.194 e. The van der Waals surface area contributed by atoms with Crippen molar-refractivity contribution in [1.82, 2.24) is 5.32 Å². The van der Waals surface area contributed by atoms with E-state index in [1.165, 1.54) is 18.2 Å². The van der Waals surface area contributed by atoms with Gasteiger partial charge in [0.25, 0.3) is 0 Å². The Kier molecular flexibility index (Phi) is 4.45. The number of hydrogen-bond donors (Lipinski definition) is 1. The molecule has 2 aromatic carbocycles. The molecule has 0 aliphatic carbocycles. The molecule has 0 saturated heterocycles. The third-order valence-electron chi connectivity index (χ3n) is 2.91. The molecule has 20 heavy (non-hydrogen) atoms. The molecular weight excluding hydrogens is 338 g/mol. The molecule has 0 bridgehead atoms. The van der Waals surface area contributed by atoms with Crippen LogP contribution < -0.4 is 5.32 Å². The Morgan fingerprint density at radius 1 is 0.900 bits per heavy atom. The van der Waals surface area contributed by atoms with Crippen molar-refractivity contribution in [2.45, 2.75) is 6.04 Å². The summed E-state index contributed by atoms with van der Waals surface area (Å²) in [5.74, 6) is -4.48. The van der Waals surface area contributed by atoms with Gasteiger partial charge in [0.1, 0.15) is 5.82 Å². The van der Waals surface area contributed by atoms with E-state index in [4.69, 9.17) is 0 Å². The lowest BCUT2D eigenvalue weighted by molar-refractivity contribution is 0.443. The van der Waals surface area contributed by atoms with Crippen molar-refractivity contribution in [3.8, 4) is 0 Å². The molecule has 2 rings (SSSR count). The van der Waals surface area contributed by atoms with Crippen molar-refractivity contribution < 1.29 is 17.6 Å². The van der Waals surface area contributed by atoms with Gasteiger partial charge in [-0.1, -0.05) is 6.07 Å². The van der Waals surface area contributed by atoms with Gasteiger partial charge in [0.15, 0.2) is 17.5 Å². The molecule has 0 aliphatic heterocycles. The monoisotopic (exact) mass is 347 g/mol. The Morgan fingerprint density at radius 3 is 2.00 bits per heavy atom. The summed E-state index contributed by atoms with van der Waals surface area (Å²) in [7, 11) is 1.58. The zero-order valence-corrected chi connectivity index (χ0v) is 11.9. The van der Waals surface area contributed by atoms with E-state index in [0.29, 0.717) is 5.56 Å². The summed E-state index contributed by atoms with van der Waals surface area (Å²) in [6, 6.07) is 5.46. The molecule has 0 saturated carbocycles. The summed E-state index contributed by atoms with van der Waals surface area (Å²) in [4.78, 5) is 0. The second-order valence-electron chi connectivity index (χ2n) is 4.19. The molecule has 0 aliphatic rings. The molecule has 0 aromatic heterocycles. The van der Waals surface area contributed by atoms with Crippen molar-refractivity contribution in [2.75, 3.05) is 7.05 Å². The average Bonchev–Trinajstić information content (AvgIpc) is 2.41. The molecule has 0 radical (unpaired) electrons. The average molecular weight is 348 g/mol. The van der Waals surface area contributed by atoms with E-state index in [-0.39, 0.29) is 10.0 Å². The van der Waals surface area contributed by atoms with Crippen LogP contribution in [0, 0.1) is 23.3 Å². The van der Waals surface area contributed by atoms with Crippen LogP contribution >= 0.6 is 15.9 Å². The number of rotatable bonds is 3. The highest BCUT2D eigenvalue weighted by atomic mass is 79.9. The van der Waals surface area contributed by atoms with Gasteiger partial charge in [-0.05, 0) is 58.4 Å². The standard InChI is InChI=1S/C14H10BrF4N/c1-20-14(7-2-3-10(16)9(15)4-7)8-5-11(17)13(19)12(18)6-8/h2-6,14,20H,1H3. The number of nitrogens with one attached hydrogen (secondary N) is 1. The van der Waals surface area contributed by atoms with Crippen LogP contribution in [0.4, 0.5) is 17.6 Å². The summed E-state index contributed by atoms with van der Waals surface area (Å²) in [6.07, 6.45) is 0. The van der Waals surface area contributed by atoms with E-state index in [1.807, 2.05) is 0 Å². The van der Waals surface area contributed by atoms with Gasteiger partial charge in [0, 0.05) is 0 Å². The predicted octanol–water partition coefficient (Wildman–Crippen LogP) is 4.31. The molecule has 1 atom stereocenters. The Hall–Kier alpha value is -1.40. The molecule has 1 nitrogen and oxygen atoms in total. The lowest BCUT2D eigenvalue weighted by Crippen LogP contribution is -2.18. The van der Waals surface area contributed by atoms with Crippen molar-refractivity contribution in [2.24, 2.45) is 0 Å². The normalized spacial score (nSPS) is 12.5. The molecule has 1 unspecified atom stereocenters. The maximum atomic E-state index is 13.3. The summed E-state index contributed by atoms with van der Waals surface area (Å²) >= 11 is 3.05. The second kappa shape index (κ2) is 5.93. The van der Waals surface area contributed by atoms with E-state index in [9.17, 15) is 17.6 Å². The van der Waals surface area contributed by atoms with E-state index >= 15 is 0 Å². The zero-order valence-electron chi connectivity index (χ0n) is 10.4. The molecule has 2 aromatic rings. The lowest BCUT2D eigenvalue weighted by atomic mass is 9.98. The summed E-state index contributed by atoms with van der Waals surface area (Å²) in [5, 5.41) is 2.86. The summed E-state index contributed by atoms with van der Waals surface area (Å²) < 4.78 is 53.0. The van der Waals surface area contributed by atoms with Crippen LogP contribution in [0.2, 0.25) is 0 Å². The van der Waals surface area contributed by atoms with E-state index in [0.717, 1.165) is 12.1 Å². The van der Waals surface area contributed by atoms with Crippen LogP contribution in [0.5, 0.6) is 0 Å². The Morgan fingerprint density at radius 2 is 1.50 bits per heavy atom. The smallest absolute Gasteiger partial charge is 0.194 e. The van der Waals surface area contributed by atoms with Crippen LogP contribution in [0.25, 0.3) is 0 Å². The first-order chi connectivity index (χ1) is 9.43. The van der Waals surface area contributed by atoms with Gasteiger partial charge in [0.2, 0.25) is 0 Å². The summed E-state index contributed by atoms with van der Waals surface area (Å²) in [6.45, 7) is 0. The second-order valence-corrected chi connectivity index (χ2v) is 5.05. The first kappa shape index (κ1) is 15.0. The highest BCUT2D eigenvalue weighted by molar-refractivity contribution is 9.10. The summed E-state index contributed by atoms with van der Waals surface area (Å²) in [5.41, 5.74) is 0.800. The molecule has 106 valence electrons. The molecular formula is C14H10BrF4N. The third kappa shape index (κ3) is 2.86. The molecule has 1 N–H and O–H groups in total. The van der Waals surface area contributed by atoms with Gasteiger partial charge in [-0.2, -0.15) is 0 Å². The quantitative estimate of drug-likeness (QED) is 0.644. The minimum absolute atomic E-state index is 0.211. The predicted molar refractivity (Wildman–Crippen MR) is 71.3 cm³/mol. The molecule has 0 spiro atoms. The van der Waals surface area contributed by atoms with Gasteiger partial charge in [0.05, 0.1) is 10.5 Å².